The maximum absolute atomic E-state index is 8.85. The monoisotopic (exact) mass is 151 g/mol. The van der Waals surface area contributed by atoms with E-state index in [4.69, 9.17) is 5.26 Å². The standard InChI is InChI=1S/C8H9NS/c9-5-8-3-1-7(2-4-8)10-6-8/h1,3,7H,2,4,6H2. The number of nitriles is 1. The van der Waals surface area contributed by atoms with Crippen LogP contribution in [0, 0.1) is 16.7 Å². The van der Waals surface area contributed by atoms with Crippen molar-refractivity contribution in [3.63, 3.8) is 0 Å². The smallest absolute Gasteiger partial charge is 0.0844 e. The third-order valence-corrected chi connectivity index (χ3v) is 3.79. The fourth-order valence-electron chi connectivity index (χ4n) is 1.51. The molecule has 2 heteroatoms. The number of nitrogens with zero attached hydrogens (tertiary/aromatic N) is 1. The maximum Gasteiger partial charge on any atom is 0.0844 e. The highest BCUT2D eigenvalue weighted by molar-refractivity contribution is 8.00. The normalized spacial score (nSPS) is 43.3. The van der Waals surface area contributed by atoms with Crippen LogP contribution in [-0.4, -0.2) is 11.0 Å². The third-order valence-electron chi connectivity index (χ3n) is 2.28. The predicted octanol–water partition coefficient (Wildman–Crippen LogP) is 1.96. The van der Waals surface area contributed by atoms with Crippen LogP contribution in [0.5, 0.6) is 0 Å². The Bertz CT molecular complexity index is 206. The van der Waals surface area contributed by atoms with Gasteiger partial charge in [0.1, 0.15) is 0 Å². The van der Waals surface area contributed by atoms with Crippen LogP contribution >= 0.6 is 11.8 Å². The summed E-state index contributed by atoms with van der Waals surface area (Å²) in [7, 11) is 0. The number of thioether (sulfide) groups is 1. The van der Waals surface area contributed by atoms with E-state index >= 15 is 0 Å². The Kier molecular flexibility index (Phi) is 1.28. The van der Waals surface area contributed by atoms with Gasteiger partial charge in [-0.25, -0.2) is 0 Å². The van der Waals surface area contributed by atoms with Crippen LogP contribution in [0.3, 0.4) is 0 Å². The Morgan fingerprint density at radius 3 is 2.90 bits per heavy atom. The average Bonchev–Trinajstić information content (AvgIpc) is 2.08. The highest BCUT2D eigenvalue weighted by Crippen LogP contribution is 2.44. The summed E-state index contributed by atoms with van der Waals surface area (Å²) in [5, 5.41) is 9.57. The second-order valence-electron chi connectivity index (χ2n) is 3.02. The van der Waals surface area contributed by atoms with E-state index < -0.39 is 0 Å². The van der Waals surface area contributed by atoms with Crippen molar-refractivity contribution in [2.75, 3.05) is 5.75 Å². The summed E-state index contributed by atoms with van der Waals surface area (Å²) >= 11 is 1.93. The van der Waals surface area contributed by atoms with Gasteiger partial charge in [-0.15, -0.1) is 0 Å². The van der Waals surface area contributed by atoms with E-state index in [-0.39, 0.29) is 5.41 Å². The van der Waals surface area contributed by atoms with Gasteiger partial charge in [-0.05, 0) is 12.8 Å². The Balaban J connectivity index is 2.33. The van der Waals surface area contributed by atoms with Crippen molar-refractivity contribution in [2.45, 2.75) is 18.1 Å². The van der Waals surface area contributed by atoms with Gasteiger partial charge >= 0.3 is 0 Å². The Morgan fingerprint density at radius 1 is 1.70 bits per heavy atom. The minimum absolute atomic E-state index is 0.0839. The van der Waals surface area contributed by atoms with Crippen LogP contribution in [-0.2, 0) is 0 Å². The van der Waals surface area contributed by atoms with Crippen LogP contribution < -0.4 is 0 Å². The van der Waals surface area contributed by atoms with Crippen molar-refractivity contribution >= 4 is 11.8 Å². The first-order valence-electron chi connectivity index (χ1n) is 3.57. The van der Waals surface area contributed by atoms with E-state index in [2.05, 4.69) is 18.2 Å². The predicted molar refractivity (Wildman–Crippen MR) is 42.7 cm³/mol. The first-order valence-corrected chi connectivity index (χ1v) is 4.62. The van der Waals surface area contributed by atoms with Gasteiger partial charge in [0, 0.05) is 11.0 Å². The van der Waals surface area contributed by atoms with E-state index in [9.17, 15) is 0 Å². The van der Waals surface area contributed by atoms with E-state index in [1.165, 1.54) is 6.42 Å². The van der Waals surface area contributed by atoms with Gasteiger partial charge in [0.2, 0.25) is 0 Å². The lowest BCUT2D eigenvalue weighted by molar-refractivity contribution is 0.467. The molecule has 0 aromatic carbocycles. The van der Waals surface area contributed by atoms with E-state index in [1.807, 2.05) is 11.8 Å². The molecule has 52 valence electrons. The molecule has 3 rings (SSSR count). The molecule has 1 saturated heterocycles. The number of rotatable bonds is 0. The summed E-state index contributed by atoms with van der Waals surface area (Å²) in [6, 6.07) is 2.40. The molecule has 0 spiro atoms. The Morgan fingerprint density at radius 2 is 2.60 bits per heavy atom. The van der Waals surface area contributed by atoms with Crippen molar-refractivity contribution < 1.29 is 0 Å². The maximum atomic E-state index is 8.85. The van der Waals surface area contributed by atoms with Gasteiger partial charge in [-0.1, -0.05) is 12.2 Å². The number of hydrogen-bond acceptors (Lipinski definition) is 2. The lowest BCUT2D eigenvalue weighted by atomic mass is 9.81. The molecule has 2 heterocycles. The summed E-state index contributed by atoms with van der Waals surface area (Å²) in [4.78, 5) is 0. The molecule has 2 aliphatic heterocycles. The van der Waals surface area contributed by atoms with E-state index in [0.717, 1.165) is 17.4 Å². The Hall–Kier alpha value is -0.420. The molecule has 0 saturated carbocycles. The van der Waals surface area contributed by atoms with Crippen molar-refractivity contribution in [1.82, 2.24) is 0 Å². The van der Waals surface area contributed by atoms with E-state index in [1.54, 1.807) is 0 Å². The zero-order chi connectivity index (χ0) is 7.03. The summed E-state index contributed by atoms with van der Waals surface area (Å²) in [5.74, 6) is 1.02. The molecule has 0 amide bonds. The molecule has 2 unspecified atom stereocenters. The number of fused-ring (bicyclic) bond motifs is 2. The number of hydrogen-bond donors (Lipinski definition) is 0. The lowest BCUT2D eigenvalue weighted by Crippen LogP contribution is -2.31. The van der Waals surface area contributed by atoms with Gasteiger partial charge in [-0.3, -0.25) is 0 Å². The average molecular weight is 151 g/mol. The van der Waals surface area contributed by atoms with Crippen molar-refractivity contribution in [1.29, 1.82) is 5.26 Å². The van der Waals surface area contributed by atoms with Gasteiger partial charge in [-0.2, -0.15) is 17.0 Å². The molecule has 0 aromatic heterocycles. The molecule has 0 aromatic rings. The van der Waals surface area contributed by atoms with Crippen molar-refractivity contribution in [3.8, 4) is 6.07 Å². The SMILES string of the molecule is N#CC12C=CC(CC1)SC2. The Labute approximate surface area is 65.1 Å². The largest absolute Gasteiger partial charge is 0.197 e. The molecule has 2 atom stereocenters. The molecule has 1 aliphatic carbocycles. The molecule has 2 bridgehead atoms. The van der Waals surface area contributed by atoms with Gasteiger partial charge in [0.25, 0.3) is 0 Å². The summed E-state index contributed by atoms with van der Waals surface area (Å²) in [6.45, 7) is 0. The van der Waals surface area contributed by atoms with Crippen molar-refractivity contribution in [3.05, 3.63) is 12.2 Å². The summed E-state index contributed by atoms with van der Waals surface area (Å²) in [6.07, 6.45) is 6.59. The highest BCUT2D eigenvalue weighted by Gasteiger charge is 2.36. The summed E-state index contributed by atoms with van der Waals surface area (Å²) < 4.78 is 0. The third kappa shape index (κ3) is 0.775. The first-order chi connectivity index (χ1) is 4.85. The van der Waals surface area contributed by atoms with Crippen LogP contribution in [0.4, 0.5) is 0 Å². The fourth-order valence-corrected chi connectivity index (χ4v) is 2.80. The zero-order valence-corrected chi connectivity index (χ0v) is 6.53. The second kappa shape index (κ2) is 2.03. The molecule has 3 aliphatic rings. The van der Waals surface area contributed by atoms with Crippen LogP contribution in [0.1, 0.15) is 12.8 Å². The van der Waals surface area contributed by atoms with Crippen LogP contribution in [0.25, 0.3) is 0 Å². The van der Waals surface area contributed by atoms with Gasteiger partial charge < -0.3 is 0 Å². The minimum atomic E-state index is -0.0839. The molecular formula is C8H9NS. The highest BCUT2D eigenvalue weighted by atomic mass is 32.2. The lowest BCUT2D eigenvalue weighted by Gasteiger charge is -2.35. The van der Waals surface area contributed by atoms with Crippen molar-refractivity contribution in [2.24, 2.45) is 5.41 Å². The molecule has 0 N–H and O–H groups in total. The minimum Gasteiger partial charge on any atom is -0.197 e. The molecule has 1 fully saturated rings. The molecule has 10 heavy (non-hydrogen) atoms. The molecule has 1 nitrogen and oxygen atoms in total. The zero-order valence-electron chi connectivity index (χ0n) is 5.71. The fraction of sp³-hybridized carbons (Fsp3) is 0.625. The first kappa shape index (κ1) is 6.30. The topological polar surface area (TPSA) is 23.8 Å². The number of allylic oxidation sites excluding steroid dienone is 1. The summed E-state index contributed by atoms with van der Waals surface area (Å²) in [5.41, 5.74) is -0.0839. The van der Waals surface area contributed by atoms with E-state index in [0.29, 0.717) is 0 Å². The van der Waals surface area contributed by atoms with Crippen LogP contribution in [0.2, 0.25) is 0 Å². The second-order valence-corrected chi connectivity index (χ2v) is 4.24. The van der Waals surface area contributed by atoms with Gasteiger partial charge in [0.05, 0.1) is 11.5 Å². The van der Waals surface area contributed by atoms with Gasteiger partial charge in [0.15, 0.2) is 0 Å². The molecule has 0 radical (unpaired) electrons. The molecular weight excluding hydrogens is 142 g/mol. The quantitative estimate of drug-likeness (QED) is 0.494. The van der Waals surface area contributed by atoms with Crippen LogP contribution in [0.15, 0.2) is 12.2 Å².